The molecule has 0 saturated carbocycles. The summed E-state index contributed by atoms with van der Waals surface area (Å²) >= 11 is 0. The number of carbonyl (C=O) groups is 1. The molecule has 5 heteroatoms. The Morgan fingerprint density at radius 3 is 2.83 bits per heavy atom. The number of hydrogen-bond donors (Lipinski definition) is 1. The van der Waals surface area contributed by atoms with E-state index in [-0.39, 0.29) is 17.4 Å². The van der Waals surface area contributed by atoms with Crippen molar-refractivity contribution in [3.8, 4) is 5.88 Å². The molecule has 1 aromatic heterocycles. The number of amides is 1. The summed E-state index contributed by atoms with van der Waals surface area (Å²) in [4.78, 5) is 18.5. The Hall–Kier alpha value is -1.62. The highest BCUT2D eigenvalue weighted by atomic mass is 16.5. The second-order valence-corrected chi connectivity index (χ2v) is 7.35. The maximum Gasteiger partial charge on any atom is 0.223 e. The highest BCUT2D eigenvalue weighted by Gasteiger charge is 2.27. The maximum absolute atomic E-state index is 12.3. The van der Waals surface area contributed by atoms with Crippen molar-refractivity contribution in [3.05, 3.63) is 23.9 Å². The van der Waals surface area contributed by atoms with Gasteiger partial charge in [0.15, 0.2) is 0 Å². The Kier molecular flexibility index (Phi) is 5.63. The number of likely N-dealkylation sites (tertiary alicyclic amines) is 1. The zero-order chi connectivity index (χ0) is 17.0. The van der Waals surface area contributed by atoms with E-state index in [4.69, 9.17) is 4.74 Å². The molecule has 1 aromatic rings. The molecule has 1 aliphatic rings. The van der Waals surface area contributed by atoms with E-state index in [1.54, 1.807) is 4.90 Å². The lowest BCUT2D eigenvalue weighted by molar-refractivity contribution is -0.135. The van der Waals surface area contributed by atoms with Crippen LogP contribution in [0.15, 0.2) is 18.2 Å². The third-order valence-corrected chi connectivity index (χ3v) is 4.06. The fourth-order valence-electron chi connectivity index (χ4n) is 2.64. The molecule has 0 aromatic carbocycles. The summed E-state index contributed by atoms with van der Waals surface area (Å²) < 4.78 is 5.75. The lowest BCUT2D eigenvalue weighted by Crippen LogP contribution is -2.45. The van der Waals surface area contributed by atoms with E-state index < -0.39 is 6.10 Å². The first-order valence-corrected chi connectivity index (χ1v) is 8.35. The fourth-order valence-corrected chi connectivity index (χ4v) is 2.64. The molecule has 0 aliphatic carbocycles. The van der Waals surface area contributed by atoms with Crippen LogP contribution in [0.2, 0.25) is 0 Å². The number of piperidine rings is 1. The molecule has 2 atom stereocenters. The minimum atomic E-state index is -0.408. The monoisotopic (exact) mass is 320 g/mol. The van der Waals surface area contributed by atoms with Gasteiger partial charge in [-0.2, -0.15) is 0 Å². The topological polar surface area (TPSA) is 62.7 Å². The van der Waals surface area contributed by atoms with Crippen LogP contribution in [-0.4, -0.2) is 45.7 Å². The van der Waals surface area contributed by atoms with Gasteiger partial charge in [0.05, 0.1) is 6.10 Å². The Balaban J connectivity index is 1.88. The molecule has 1 N–H and O–H groups in total. The van der Waals surface area contributed by atoms with Gasteiger partial charge in [0.2, 0.25) is 11.8 Å². The smallest absolute Gasteiger partial charge is 0.223 e. The molecule has 23 heavy (non-hydrogen) atoms. The number of carbonyl (C=O) groups excluding carboxylic acids is 1. The first kappa shape index (κ1) is 17.7. The summed E-state index contributed by atoms with van der Waals surface area (Å²) in [6.45, 7) is 9.14. The fraction of sp³-hybridized carbons (Fsp3) is 0.667. The van der Waals surface area contributed by atoms with Crippen LogP contribution in [0.4, 0.5) is 0 Å². The van der Waals surface area contributed by atoms with Crippen LogP contribution < -0.4 is 4.74 Å². The van der Waals surface area contributed by atoms with Crippen molar-refractivity contribution in [2.75, 3.05) is 13.1 Å². The summed E-state index contributed by atoms with van der Waals surface area (Å²) in [5.41, 5.74) is 0.563. The van der Waals surface area contributed by atoms with Crippen molar-refractivity contribution < 1.29 is 14.6 Å². The Labute approximate surface area is 138 Å². The first-order valence-electron chi connectivity index (χ1n) is 8.35. The number of aromatic nitrogens is 1. The molecule has 0 spiro atoms. The lowest BCUT2D eigenvalue weighted by Gasteiger charge is -2.34. The van der Waals surface area contributed by atoms with Gasteiger partial charge in [-0.15, -0.1) is 0 Å². The second kappa shape index (κ2) is 7.30. The minimum Gasteiger partial charge on any atom is -0.472 e. The summed E-state index contributed by atoms with van der Waals surface area (Å²) in [5.74, 6) is 0.941. The van der Waals surface area contributed by atoms with E-state index >= 15 is 0 Å². The van der Waals surface area contributed by atoms with Crippen LogP contribution in [0.1, 0.15) is 46.2 Å². The molecular formula is C18H28N2O3. The molecule has 2 heterocycles. The molecule has 0 radical (unpaired) electrons. The number of ether oxygens (including phenoxy) is 1. The molecule has 2 rings (SSSR count). The normalized spacial score (nSPS) is 22.0. The Morgan fingerprint density at radius 1 is 1.43 bits per heavy atom. The van der Waals surface area contributed by atoms with Crippen molar-refractivity contribution >= 4 is 5.91 Å². The number of nitrogens with zero attached hydrogens (tertiary/aromatic N) is 2. The minimum absolute atomic E-state index is 0.0832. The van der Waals surface area contributed by atoms with Gasteiger partial charge in [-0.3, -0.25) is 4.79 Å². The highest BCUT2D eigenvalue weighted by Crippen LogP contribution is 2.19. The van der Waals surface area contributed by atoms with Gasteiger partial charge in [0.25, 0.3) is 0 Å². The van der Waals surface area contributed by atoms with E-state index in [9.17, 15) is 9.90 Å². The predicted octanol–water partition coefficient (Wildman–Crippen LogP) is 2.42. The molecule has 2 unspecified atom stereocenters. The van der Waals surface area contributed by atoms with E-state index in [2.05, 4.69) is 4.98 Å². The number of pyridine rings is 1. The summed E-state index contributed by atoms with van der Waals surface area (Å²) in [6.07, 6.45) is 1.45. The standard InChI is InChI=1S/C18H28N2O3/c1-13-10-11-20(12-15(13)21)17(22)9-8-14-6-5-7-16(19-14)23-18(2,3)4/h5-7,13,15,21H,8-12H2,1-4H3. The molecule has 1 saturated heterocycles. The van der Waals surface area contributed by atoms with Gasteiger partial charge in [0.1, 0.15) is 5.60 Å². The zero-order valence-electron chi connectivity index (χ0n) is 14.6. The molecule has 1 fully saturated rings. The number of aryl methyl sites for hydroxylation is 1. The third kappa shape index (κ3) is 5.50. The van der Waals surface area contributed by atoms with E-state index in [0.717, 1.165) is 18.7 Å². The average molecular weight is 320 g/mol. The third-order valence-electron chi connectivity index (χ3n) is 4.06. The van der Waals surface area contributed by atoms with Gasteiger partial charge in [-0.25, -0.2) is 4.98 Å². The van der Waals surface area contributed by atoms with Gasteiger partial charge < -0.3 is 14.7 Å². The SMILES string of the molecule is CC1CCN(C(=O)CCc2cccc(OC(C)(C)C)n2)CC1O. The van der Waals surface area contributed by atoms with Gasteiger partial charge in [0, 0.05) is 31.3 Å². The van der Waals surface area contributed by atoms with Crippen molar-refractivity contribution in [1.82, 2.24) is 9.88 Å². The molecule has 128 valence electrons. The van der Waals surface area contributed by atoms with Crippen LogP contribution in [-0.2, 0) is 11.2 Å². The quantitative estimate of drug-likeness (QED) is 0.925. The van der Waals surface area contributed by atoms with Crippen LogP contribution >= 0.6 is 0 Å². The largest absolute Gasteiger partial charge is 0.472 e. The van der Waals surface area contributed by atoms with Crippen molar-refractivity contribution in [3.63, 3.8) is 0 Å². The first-order chi connectivity index (χ1) is 10.7. The number of rotatable bonds is 4. The summed E-state index contributed by atoms with van der Waals surface area (Å²) in [7, 11) is 0. The lowest BCUT2D eigenvalue weighted by atomic mass is 9.96. The molecule has 1 amide bonds. The van der Waals surface area contributed by atoms with E-state index in [1.165, 1.54) is 0 Å². The van der Waals surface area contributed by atoms with Gasteiger partial charge in [-0.1, -0.05) is 13.0 Å². The Morgan fingerprint density at radius 2 is 2.17 bits per heavy atom. The van der Waals surface area contributed by atoms with Crippen molar-refractivity contribution in [2.24, 2.45) is 5.92 Å². The van der Waals surface area contributed by atoms with Crippen LogP contribution in [0.3, 0.4) is 0 Å². The summed E-state index contributed by atoms with van der Waals surface area (Å²) in [6, 6.07) is 5.65. The van der Waals surface area contributed by atoms with Crippen LogP contribution in [0.25, 0.3) is 0 Å². The van der Waals surface area contributed by atoms with Gasteiger partial charge >= 0.3 is 0 Å². The summed E-state index contributed by atoms with van der Waals surface area (Å²) in [5, 5.41) is 9.90. The zero-order valence-corrected chi connectivity index (χ0v) is 14.6. The number of aliphatic hydroxyl groups excluding tert-OH is 1. The number of aliphatic hydroxyl groups is 1. The molecule has 1 aliphatic heterocycles. The van der Waals surface area contributed by atoms with E-state index in [0.29, 0.717) is 25.3 Å². The molecule has 0 bridgehead atoms. The number of hydrogen-bond acceptors (Lipinski definition) is 4. The molecular weight excluding hydrogens is 292 g/mol. The number of β-amino-alcohol motifs (C(OH)–C–C–N with tert-alkyl or cyclic N) is 1. The van der Waals surface area contributed by atoms with Crippen LogP contribution in [0.5, 0.6) is 5.88 Å². The average Bonchev–Trinajstić information content (AvgIpc) is 2.46. The van der Waals surface area contributed by atoms with Crippen molar-refractivity contribution in [1.29, 1.82) is 0 Å². The highest BCUT2D eigenvalue weighted by molar-refractivity contribution is 5.76. The molecule has 5 nitrogen and oxygen atoms in total. The maximum atomic E-state index is 12.3. The van der Waals surface area contributed by atoms with Gasteiger partial charge in [-0.05, 0) is 45.6 Å². The van der Waals surface area contributed by atoms with Crippen LogP contribution in [0, 0.1) is 5.92 Å². The Bertz CT molecular complexity index is 539. The predicted molar refractivity (Wildman–Crippen MR) is 89.3 cm³/mol. The second-order valence-electron chi connectivity index (χ2n) is 7.35. The van der Waals surface area contributed by atoms with E-state index in [1.807, 2.05) is 45.9 Å². The van der Waals surface area contributed by atoms with Crippen molar-refractivity contribution in [2.45, 2.75) is 58.7 Å².